The van der Waals surface area contributed by atoms with Gasteiger partial charge in [0.15, 0.2) is 5.82 Å². The Kier molecular flexibility index (Phi) is 6.61. The van der Waals surface area contributed by atoms with Gasteiger partial charge in [0.25, 0.3) is 0 Å². The molecule has 1 N–H and O–H groups in total. The van der Waals surface area contributed by atoms with Crippen LogP contribution in [-0.4, -0.2) is 27.6 Å². The smallest absolute Gasteiger partial charge is 0.349 e. The number of esters is 1. The third kappa shape index (κ3) is 4.40. The van der Waals surface area contributed by atoms with Crippen molar-refractivity contribution in [3.05, 3.63) is 70.0 Å². The Hall–Kier alpha value is -3.52. The van der Waals surface area contributed by atoms with Gasteiger partial charge < -0.3 is 9.30 Å². The number of aromatic nitrogens is 3. The molecule has 0 amide bonds. The minimum absolute atomic E-state index is 0.352. The number of thiazole rings is 1. The van der Waals surface area contributed by atoms with E-state index in [2.05, 4.69) is 17.5 Å². The fourth-order valence-electron chi connectivity index (χ4n) is 3.41. The summed E-state index contributed by atoms with van der Waals surface area (Å²) in [6.45, 7) is 4.82. The van der Waals surface area contributed by atoms with Crippen LogP contribution in [0, 0.1) is 6.92 Å². The van der Waals surface area contributed by atoms with Crippen molar-refractivity contribution in [2.75, 3.05) is 12.5 Å². The topological polar surface area (TPSA) is 81.4 Å². The van der Waals surface area contributed by atoms with Crippen LogP contribution in [-0.2, 0) is 11.3 Å². The molecule has 0 unspecified atom stereocenters. The Bertz CT molecular complexity index is 1310. The lowest BCUT2D eigenvalue weighted by atomic mass is 10.1. The zero-order valence-corrected chi connectivity index (χ0v) is 19.1. The van der Waals surface area contributed by atoms with Gasteiger partial charge in [0, 0.05) is 17.8 Å². The Labute approximate surface area is 190 Å². The zero-order valence-electron chi connectivity index (χ0n) is 18.3. The van der Waals surface area contributed by atoms with Crippen LogP contribution >= 0.6 is 11.3 Å². The molecule has 0 bridgehead atoms. The molecule has 4 rings (SSSR count). The van der Waals surface area contributed by atoms with Crippen LogP contribution < -0.4 is 10.2 Å². The highest BCUT2D eigenvalue weighted by Crippen LogP contribution is 2.27. The number of carbonyl (C=O) groups is 1. The number of para-hydroxylation sites is 2. The third-order valence-corrected chi connectivity index (χ3v) is 6.30. The number of nitrogens with one attached hydrogen (secondary N) is 1. The zero-order chi connectivity index (χ0) is 22.5. The summed E-state index contributed by atoms with van der Waals surface area (Å²) in [4.78, 5) is 23.1. The summed E-state index contributed by atoms with van der Waals surface area (Å²) in [6.07, 6.45) is 2.02. The number of hydrogen-bond donors (Lipinski definition) is 1. The molecule has 8 heteroatoms. The Balaban J connectivity index is 1.82. The number of anilines is 1. The van der Waals surface area contributed by atoms with E-state index in [4.69, 9.17) is 14.7 Å². The predicted octanol–water partition coefficient (Wildman–Crippen LogP) is 4.98. The van der Waals surface area contributed by atoms with Gasteiger partial charge in [-0.15, -0.1) is 5.10 Å². The van der Waals surface area contributed by atoms with Crippen molar-refractivity contribution in [1.29, 1.82) is 0 Å². The lowest BCUT2D eigenvalue weighted by Gasteiger charge is -2.10. The average molecular weight is 448 g/mol. The van der Waals surface area contributed by atoms with Gasteiger partial charge in [-0.3, -0.25) is 5.43 Å². The van der Waals surface area contributed by atoms with Crippen LogP contribution in [0.1, 0.15) is 35.1 Å². The second-order valence-electron chi connectivity index (χ2n) is 7.30. The van der Waals surface area contributed by atoms with Gasteiger partial charge in [0.2, 0.25) is 4.80 Å². The van der Waals surface area contributed by atoms with Crippen molar-refractivity contribution in [3.8, 4) is 11.3 Å². The lowest BCUT2D eigenvalue weighted by molar-refractivity contribution is 0.0604. The van der Waals surface area contributed by atoms with E-state index in [1.807, 2.05) is 66.1 Å². The van der Waals surface area contributed by atoms with Crippen molar-refractivity contribution >= 4 is 34.2 Å². The van der Waals surface area contributed by atoms with Crippen molar-refractivity contribution in [1.82, 2.24) is 14.5 Å². The molecule has 32 heavy (non-hydrogen) atoms. The van der Waals surface area contributed by atoms with Gasteiger partial charge in [-0.25, -0.2) is 14.8 Å². The van der Waals surface area contributed by atoms with Crippen LogP contribution in [0.4, 0.5) is 5.82 Å². The van der Waals surface area contributed by atoms with Crippen LogP contribution in [0.5, 0.6) is 0 Å². The standard InChI is InChI=1S/C24H25N5O2S/c1-4-5-15-29-16(2)21(23(30)31-3)32-24(29)28-27-22-20(17-11-7-6-8-12-17)25-18-13-9-10-14-19(18)26-22/h6-14H,4-5,15H2,1-3H3,(H,26,27)/b28-24-. The number of benzene rings is 2. The first-order chi connectivity index (χ1) is 15.6. The van der Waals surface area contributed by atoms with Gasteiger partial charge in [-0.05, 0) is 25.5 Å². The summed E-state index contributed by atoms with van der Waals surface area (Å²) in [5.41, 5.74) is 7.23. The van der Waals surface area contributed by atoms with E-state index in [0.717, 1.165) is 47.4 Å². The van der Waals surface area contributed by atoms with Crippen molar-refractivity contribution in [3.63, 3.8) is 0 Å². The summed E-state index contributed by atoms with van der Waals surface area (Å²) in [5, 5.41) is 4.64. The number of carbonyl (C=O) groups excluding carboxylic acids is 1. The molecule has 0 fully saturated rings. The van der Waals surface area contributed by atoms with E-state index in [9.17, 15) is 4.79 Å². The van der Waals surface area contributed by atoms with E-state index >= 15 is 0 Å². The molecule has 0 aliphatic rings. The van der Waals surface area contributed by atoms with Crippen molar-refractivity contribution in [2.45, 2.75) is 33.2 Å². The Morgan fingerprint density at radius 2 is 1.78 bits per heavy atom. The lowest BCUT2D eigenvalue weighted by Crippen LogP contribution is -2.18. The number of hydrogen-bond acceptors (Lipinski definition) is 7. The molecule has 0 aliphatic heterocycles. The molecule has 0 spiro atoms. The first-order valence-electron chi connectivity index (χ1n) is 10.5. The third-order valence-electron chi connectivity index (χ3n) is 5.14. The predicted molar refractivity (Wildman–Crippen MR) is 127 cm³/mol. The van der Waals surface area contributed by atoms with E-state index in [-0.39, 0.29) is 5.97 Å². The fourth-order valence-corrected chi connectivity index (χ4v) is 4.44. The minimum Gasteiger partial charge on any atom is -0.465 e. The molecule has 4 aromatic rings. The second-order valence-corrected chi connectivity index (χ2v) is 8.27. The highest BCUT2D eigenvalue weighted by atomic mass is 32.1. The maximum absolute atomic E-state index is 12.2. The number of unbranched alkanes of at least 4 members (excludes halogenated alkanes) is 1. The quantitative estimate of drug-likeness (QED) is 0.319. The van der Waals surface area contributed by atoms with Crippen LogP contribution in [0.2, 0.25) is 0 Å². The summed E-state index contributed by atoms with van der Waals surface area (Å²) in [7, 11) is 1.39. The molecule has 2 heterocycles. The number of nitrogens with zero attached hydrogens (tertiary/aromatic N) is 4. The maximum atomic E-state index is 12.2. The second kappa shape index (κ2) is 9.74. The van der Waals surface area contributed by atoms with E-state index in [1.165, 1.54) is 18.4 Å². The molecule has 0 atom stereocenters. The first kappa shape index (κ1) is 21.7. The molecule has 0 saturated heterocycles. The molecular formula is C24H25N5O2S. The summed E-state index contributed by atoms with van der Waals surface area (Å²) in [5.74, 6) is 0.206. The largest absolute Gasteiger partial charge is 0.465 e. The van der Waals surface area contributed by atoms with Gasteiger partial charge in [-0.1, -0.05) is 67.1 Å². The van der Waals surface area contributed by atoms with Gasteiger partial charge >= 0.3 is 5.97 Å². The number of methoxy groups -OCH3 is 1. The van der Waals surface area contributed by atoms with E-state index in [1.54, 1.807) is 0 Å². The maximum Gasteiger partial charge on any atom is 0.349 e. The minimum atomic E-state index is -0.352. The summed E-state index contributed by atoms with van der Waals surface area (Å²) >= 11 is 1.30. The highest BCUT2D eigenvalue weighted by molar-refractivity contribution is 7.11. The highest BCUT2D eigenvalue weighted by Gasteiger charge is 2.17. The summed E-state index contributed by atoms with van der Waals surface area (Å²) < 4.78 is 7.00. The Morgan fingerprint density at radius 1 is 1.09 bits per heavy atom. The van der Waals surface area contributed by atoms with Gasteiger partial charge in [0.1, 0.15) is 10.6 Å². The average Bonchev–Trinajstić information content (AvgIpc) is 3.15. The Morgan fingerprint density at radius 3 is 2.47 bits per heavy atom. The monoisotopic (exact) mass is 447 g/mol. The molecule has 0 radical (unpaired) electrons. The number of rotatable bonds is 7. The number of ether oxygens (including phenoxy) is 1. The van der Waals surface area contributed by atoms with Crippen LogP contribution in [0.25, 0.3) is 22.3 Å². The van der Waals surface area contributed by atoms with Crippen molar-refractivity contribution in [2.24, 2.45) is 5.10 Å². The van der Waals surface area contributed by atoms with Gasteiger partial charge in [0.05, 0.1) is 18.1 Å². The molecular weight excluding hydrogens is 422 g/mol. The molecule has 0 saturated carbocycles. The van der Waals surface area contributed by atoms with E-state index < -0.39 is 0 Å². The van der Waals surface area contributed by atoms with Gasteiger partial charge in [-0.2, -0.15) is 0 Å². The SMILES string of the molecule is CCCCn1c(C)c(C(=O)OC)s/c1=N\Nc1nc2ccccc2nc1-c1ccccc1. The first-order valence-corrected chi connectivity index (χ1v) is 11.3. The fraction of sp³-hybridized carbons (Fsp3) is 0.250. The van der Waals surface area contributed by atoms with Crippen LogP contribution in [0.15, 0.2) is 59.7 Å². The molecule has 0 aliphatic carbocycles. The molecule has 2 aromatic heterocycles. The molecule has 2 aromatic carbocycles. The van der Waals surface area contributed by atoms with Crippen LogP contribution in [0.3, 0.4) is 0 Å². The molecule has 7 nitrogen and oxygen atoms in total. The summed E-state index contributed by atoms with van der Waals surface area (Å²) in [6, 6.07) is 17.6. The number of fused-ring (bicyclic) bond motifs is 1. The normalized spacial score (nSPS) is 11.7. The van der Waals surface area contributed by atoms with E-state index in [0.29, 0.717) is 15.5 Å². The molecule has 164 valence electrons. The van der Waals surface area contributed by atoms with Crippen molar-refractivity contribution < 1.29 is 9.53 Å².